The summed E-state index contributed by atoms with van der Waals surface area (Å²) in [6.07, 6.45) is 4.11. The lowest BCUT2D eigenvalue weighted by Gasteiger charge is -2.36. The van der Waals surface area contributed by atoms with Gasteiger partial charge in [0.05, 0.1) is 0 Å². The van der Waals surface area contributed by atoms with Crippen LogP contribution in [0.2, 0.25) is 0 Å². The maximum atomic E-state index is 12.5. The molecule has 1 aromatic heterocycles. The highest BCUT2D eigenvalue weighted by Crippen LogP contribution is 2.22. The van der Waals surface area contributed by atoms with Crippen molar-refractivity contribution in [3.63, 3.8) is 0 Å². The quantitative estimate of drug-likeness (QED) is 0.821. The van der Waals surface area contributed by atoms with E-state index in [0.29, 0.717) is 6.61 Å². The van der Waals surface area contributed by atoms with Gasteiger partial charge in [0.1, 0.15) is 11.9 Å². The Morgan fingerprint density at radius 3 is 2.48 bits per heavy atom. The van der Waals surface area contributed by atoms with Gasteiger partial charge < -0.3 is 19.4 Å². The molecule has 4 heterocycles. The predicted octanol–water partition coefficient (Wildman–Crippen LogP) is 1.21. The molecule has 0 saturated carbocycles. The molecule has 0 radical (unpaired) electrons. The summed E-state index contributed by atoms with van der Waals surface area (Å²) in [5, 5.41) is 0. The highest BCUT2D eigenvalue weighted by atomic mass is 16.5. The van der Waals surface area contributed by atoms with Gasteiger partial charge in [0, 0.05) is 57.6 Å². The lowest BCUT2D eigenvalue weighted by molar-refractivity contribution is -0.141. The number of piperazine rings is 1. The molecule has 25 heavy (non-hydrogen) atoms. The Morgan fingerprint density at radius 1 is 1.04 bits per heavy atom. The molecule has 1 amide bonds. The molecule has 3 aliphatic heterocycles. The summed E-state index contributed by atoms with van der Waals surface area (Å²) in [5.41, 5.74) is 1.00. The van der Waals surface area contributed by atoms with Crippen LogP contribution in [0.15, 0.2) is 6.07 Å². The van der Waals surface area contributed by atoms with Gasteiger partial charge in [0.15, 0.2) is 0 Å². The van der Waals surface area contributed by atoms with Gasteiger partial charge in [-0.05, 0) is 32.6 Å². The average Bonchev–Trinajstić information content (AvgIpc) is 3.34. The van der Waals surface area contributed by atoms with Crippen molar-refractivity contribution in [2.45, 2.75) is 38.7 Å². The summed E-state index contributed by atoms with van der Waals surface area (Å²) in [7, 11) is 0. The summed E-state index contributed by atoms with van der Waals surface area (Å²) in [5.74, 6) is 1.99. The molecule has 1 aromatic rings. The summed E-state index contributed by atoms with van der Waals surface area (Å²) >= 11 is 0. The number of aryl methyl sites for hydroxylation is 1. The van der Waals surface area contributed by atoms with Gasteiger partial charge in [0.2, 0.25) is 5.95 Å². The predicted molar refractivity (Wildman–Crippen MR) is 96.0 cm³/mol. The molecule has 4 rings (SSSR count). The van der Waals surface area contributed by atoms with Gasteiger partial charge in [-0.1, -0.05) is 0 Å². The summed E-state index contributed by atoms with van der Waals surface area (Å²) in [6.45, 7) is 7.90. The lowest BCUT2D eigenvalue weighted by atomic mass is 10.2. The second-order valence-corrected chi connectivity index (χ2v) is 7.18. The van der Waals surface area contributed by atoms with E-state index in [9.17, 15) is 4.79 Å². The molecule has 0 aliphatic carbocycles. The van der Waals surface area contributed by atoms with Crippen molar-refractivity contribution in [1.82, 2.24) is 14.9 Å². The van der Waals surface area contributed by atoms with Crippen molar-refractivity contribution in [2.75, 3.05) is 55.7 Å². The van der Waals surface area contributed by atoms with E-state index >= 15 is 0 Å². The minimum atomic E-state index is -0.219. The fourth-order valence-corrected chi connectivity index (χ4v) is 3.89. The van der Waals surface area contributed by atoms with Crippen LogP contribution in [0, 0.1) is 6.92 Å². The van der Waals surface area contributed by atoms with Crippen molar-refractivity contribution in [3.8, 4) is 0 Å². The number of hydrogen-bond acceptors (Lipinski definition) is 6. The normalized spacial score (nSPS) is 24.2. The number of nitrogens with zero attached hydrogens (tertiary/aromatic N) is 5. The van der Waals surface area contributed by atoms with E-state index in [1.807, 2.05) is 11.8 Å². The number of aromatic nitrogens is 2. The Labute approximate surface area is 149 Å². The summed E-state index contributed by atoms with van der Waals surface area (Å²) in [6, 6.07) is 2.08. The van der Waals surface area contributed by atoms with Crippen LogP contribution in [0.25, 0.3) is 0 Å². The second kappa shape index (κ2) is 7.15. The van der Waals surface area contributed by atoms with Crippen LogP contribution in [0.1, 0.15) is 31.4 Å². The number of ether oxygens (including phenoxy) is 1. The smallest absolute Gasteiger partial charge is 0.251 e. The van der Waals surface area contributed by atoms with Crippen molar-refractivity contribution in [3.05, 3.63) is 11.8 Å². The molecule has 3 aliphatic rings. The van der Waals surface area contributed by atoms with Gasteiger partial charge in [-0.15, -0.1) is 0 Å². The topological polar surface area (TPSA) is 61.8 Å². The fourth-order valence-electron chi connectivity index (χ4n) is 3.89. The van der Waals surface area contributed by atoms with E-state index in [-0.39, 0.29) is 12.0 Å². The number of anilines is 2. The molecular weight excluding hydrogens is 318 g/mol. The summed E-state index contributed by atoms with van der Waals surface area (Å²) < 4.78 is 5.53. The van der Waals surface area contributed by atoms with Crippen LogP contribution in [0.3, 0.4) is 0 Å². The Bertz CT molecular complexity index is 618. The number of carbonyl (C=O) groups excluding carboxylic acids is 1. The highest BCUT2D eigenvalue weighted by Gasteiger charge is 2.31. The van der Waals surface area contributed by atoms with E-state index < -0.39 is 0 Å². The maximum Gasteiger partial charge on any atom is 0.251 e. The molecule has 0 spiro atoms. The number of rotatable bonds is 3. The number of hydrogen-bond donors (Lipinski definition) is 0. The van der Waals surface area contributed by atoms with Gasteiger partial charge in [-0.25, -0.2) is 4.98 Å². The van der Waals surface area contributed by atoms with Gasteiger partial charge >= 0.3 is 0 Å². The molecule has 0 N–H and O–H groups in total. The molecular formula is C18H27N5O2. The highest BCUT2D eigenvalue weighted by molar-refractivity contribution is 5.81. The second-order valence-electron chi connectivity index (χ2n) is 7.18. The third kappa shape index (κ3) is 3.56. The molecule has 3 fully saturated rings. The Hall–Kier alpha value is -1.89. The van der Waals surface area contributed by atoms with Crippen LogP contribution in [0.4, 0.5) is 11.8 Å². The van der Waals surface area contributed by atoms with Crippen molar-refractivity contribution in [2.24, 2.45) is 0 Å². The van der Waals surface area contributed by atoms with Crippen molar-refractivity contribution < 1.29 is 9.53 Å². The molecule has 3 saturated heterocycles. The van der Waals surface area contributed by atoms with Crippen LogP contribution < -0.4 is 9.80 Å². The Kier molecular flexibility index (Phi) is 4.74. The lowest BCUT2D eigenvalue weighted by Crippen LogP contribution is -2.51. The first-order valence-electron chi connectivity index (χ1n) is 9.47. The number of amides is 1. The van der Waals surface area contributed by atoms with E-state index in [0.717, 1.165) is 69.6 Å². The van der Waals surface area contributed by atoms with E-state index in [1.54, 1.807) is 0 Å². The van der Waals surface area contributed by atoms with Gasteiger partial charge in [-0.2, -0.15) is 4.98 Å². The maximum absolute atomic E-state index is 12.5. The van der Waals surface area contributed by atoms with Crippen molar-refractivity contribution in [1.29, 1.82) is 0 Å². The SMILES string of the molecule is Cc1cc(N2CCCC2)nc(N2CCN(C(=O)C3CCCO3)CC2)n1. The number of carbonyl (C=O) groups is 1. The first-order chi connectivity index (χ1) is 12.2. The van der Waals surface area contributed by atoms with Gasteiger partial charge in [0.25, 0.3) is 5.91 Å². The summed E-state index contributed by atoms with van der Waals surface area (Å²) in [4.78, 5) is 28.4. The third-order valence-electron chi connectivity index (χ3n) is 5.34. The molecule has 0 bridgehead atoms. The fraction of sp³-hybridized carbons (Fsp3) is 0.722. The average molecular weight is 345 g/mol. The molecule has 136 valence electrons. The van der Waals surface area contributed by atoms with E-state index in [4.69, 9.17) is 9.72 Å². The first kappa shape index (κ1) is 16.6. The molecule has 1 unspecified atom stereocenters. The molecule has 1 atom stereocenters. The van der Waals surface area contributed by atoms with E-state index in [1.165, 1.54) is 12.8 Å². The monoisotopic (exact) mass is 345 g/mol. The molecule has 7 nitrogen and oxygen atoms in total. The standard InChI is InChI=1S/C18H27N5O2/c1-14-13-16(21-6-2-3-7-21)20-18(19-14)23-10-8-22(9-11-23)17(24)15-5-4-12-25-15/h13,15H,2-12H2,1H3. The minimum Gasteiger partial charge on any atom is -0.368 e. The molecule has 7 heteroatoms. The minimum absolute atomic E-state index is 0.153. The van der Waals surface area contributed by atoms with Gasteiger partial charge in [-0.3, -0.25) is 4.79 Å². The van der Waals surface area contributed by atoms with Crippen LogP contribution in [-0.4, -0.2) is 72.8 Å². The first-order valence-corrected chi connectivity index (χ1v) is 9.47. The third-order valence-corrected chi connectivity index (χ3v) is 5.34. The van der Waals surface area contributed by atoms with Crippen LogP contribution >= 0.6 is 0 Å². The zero-order valence-electron chi connectivity index (χ0n) is 15.0. The zero-order chi connectivity index (χ0) is 17.2. The Morgan fingerprint density at radius 2 is 1.80 bits per heavy atom. The Balaban J connectivity index is 1.41. The largest absolute Gasteiger partial charge is 0.368 e. The van der Waals surface area contributed by atoms with E-state index in [2.05, 4.69) is 20.9 Å². The zero-order valence-corrected chi connectivity index (χ0v) is 15.0. The van der Waals surface area contributed by atoms with Crippen LogP contribution in [-0.2, 0) is 9.53 Å². The molecule has 0 aromatic carbocycles. The van der Waals surface area contributed by atoms with Crippen LogP contribution in [0.5, 0.6) is 0 Å². The van der Waals surface area contributed by atoms with Crippen molar-refractivity contribution >= 4 is 17.7 Å².